The highest BCUT2D eigenvalue weighted by Crippen LogP contribution is 2.33. The minimum absolute atomic E-state index is 0.0362. The molecule has 146 valence electrons. The lowest BCUT2D eigenvalue weighted by Gasteiger charge is -2.31. The molecule has 1 aliphatic rings. The van der Waals surface area contributed by atoms with Gasteiger partial charge < -0.3 is 5.11 Å². The lowest BCUT2D eigenvalue weighted by Crippen LogP contribution is -2.47. The average molecular weight is 418 g/mol. The molecule has 7 nitrogen and oxygen atoms in total. The number of aliphatic hydroxyl groups is 1. The standard InChI is InChI=1S/C19H18N2O5S2/c22-17-13-27(23,24)12-16(17)21(15-8-2-1-3-9-15)28(25,26)18-10-4-6-14-7-5-11-20-19(14)18/h1-11,16-17,22H,12-13H2/t16-,17-/m1/s1. The Morgan fingerprint density at radius 3 is 2.36 bits per heavy atom. The third-order valence-electron chi connectivity index (χ3n) is 4.74. The van der Waals surface area contributed by atoms with E-state index in [1.807, 2.05) is 0 Å². The summed E-state index contributed by atoms with van der Waals surface area (Å²) in [7, 11) is -7.76. The molecule has 1 fully saturated rings. The van der Waals surface area contributed by atoms with Crippen molar-refractivity contribution in [1.29, 1.82) is 0 Å². The van der Waals surface area contributed by atoms with Crippen molar-refractivity contribution >= 4 is 36.5 Å². The fourth-order valence-electron chi connectivity index (χ4n) is 3.51. The van der Waals surface area contributed by atoms with Crippen LogP contribution in [0.25, 0.3) is 10.9 Å². The molecular formula is C19H18N2O5S2. The van der Waals surface area contributed by atoms with Crippen LogP contribution in [0.5, 0.6) is 0 Å². The van der Waals surface area contributed by atoms with E-state index in [-0.39, 0.29) is 10.6 Å². The molecule has 1 N–H and O–H groups in total. The van der Waals surface area contributed by atoms with Gasteiger partial charge in [0.2, 0.25) is 0 Å². The second-order valence-corrected chi connectivity index (χ2v) is 10.6. The minimum atomic E-state index is -4.20. The first-order chi connectivity index (χ1) is 13.3. The molecule has 0 saturated carbocycles. The Bertz CT molecular complexity index is 1220. The van der Waals surface area contributed by atoms with Gasteiger partial charge in [-0.25, -0.2) is 16.8 Å². The maximum Gasteiger partial charge on any atom is 0.266 e. The molecule has 0 unspecified atom stereocenters. The fraction of sp³-hybridized carbons (Fsp3) is 0.211. The molecule has 28 heavy (non-hydrogen) atoms. The summed E-state index contributed by atoms with van der Waals surface area (Å²) >= 11 is 0. The van der Waals surface area contributed by atoms with Gasteiger partial charge in [-0.15, -0.1) is 0 Å². The van der Waals surface area contributed by atoms with E-state index in [9.17, 15) is 21.9 Å². The Hall–Kier alpha value is -2.49. The molecule has 0 bridgehead atoms. The number of anilines is 1. The van der Waals surface area contributed by atoms with Crippen molar-refractivity contribution in [2.24, 2.45) is 0 Å². The van der Waals surface area contributed by atoms with Gasteiger partial charge in [-0.3, -0.25) is 9.29 Å². The zero-order valence-corrected chi connectivity index (χ0v) is 16.3. The summed E-state index contributed by atoms with van der Waals surface area (Å²) < 4.78 is 52.5. The molecule has 3 aromatic rings. The molecule has 2 heterocycles. The van der Waals surface area contributed by atoms with Crippen LogP contribution >= 0.6 is 0 Å². The van der Waals surface area contributed by atoms with E-state index in [1.165, 1.54) is 12.3 Å². The van der Waals surface area contributed by atoms with Crippen LogP contribution in [0.1, 0.15) is 0 Å². The number of nitrogens with zero attached hydrogens (tertiary/aromatic N) is 2. The quantitative estimate of drug-likeness (QED) is 0.690. The van der Waals surface area contributed by atoms with Gasteiger partial charge in [-0.1, -0.05) is 36.4 Å². The van der Waals surface area contributed by atoms with Crippen LogP contribution in [0, 0.1) is 0 Å². The van der Waals surface area contributed by atoms with E-state index in [1.54, 1.807) is 54.6 Å². The topological polar surface area (TPSA) is 105 Å². The number of aliphatic hydroxyl groups excluding tert-OH is 1. The van der Waals surface area contributed by atoms with Crippen molar-refractivity contribution in [3.05, 3.63) is 66.9 Å². The van der Waals surface area contributed by atoms with Crippen molar-refractivity contribution < 1.29 is 21.9 Å². The van der Waals surface area contributed by atoms with Gasteiger partial charge in [0.25, 0.3) is 10.0 Å². The van der Waals surface area contributed by atoms with Gasteiger partial charge in [0.15, 0.2) is 9.84 Å². The van der Waals surface area contributed by atoms with Gasteiger partial charge in [-0.2, -0.15) is 0 Å². The molecular weight excluding hydrogens is 400 g/mol. The van der Waals surface area contributed by atoms with Gasteiger partial charge in [-0.05, 0) is 24.3 Å². The molecule has 4 rings (SSSR count). The number of rotatable bonds is 4. The van der Waals surface area contributed by atoms with Crippen LogP contribution in [-0.4, -0.2) is 50.6 Å². The molecule has 2 aromatic carbocycles. The summed E-state index contributed by atoms with van der Waals surface area (Å²) in [6, 6.07) is 15.4. The summed E-state index contributed by atoms with van der Waals surface area (Å²) in [5.41, 5.74) is 0.581. The number of hydrogen-bond donors (Lipinski definition) is 1. The molecule has 0 spiro atoms. The molecule has 1 aliphatic heterocycles. The summed E-state index contributed by atoms with van der Waals surface area (Å²) in [5.74, 6) is -0.912. The van der Waals surface area contributed by atoms with E-state index < -0.39 is 43.5 Å². The Morgan fingerprint density at radius 2 is 1.68 bits per heavy atom. The third-order valence-corrected chi connectivity index (χ3v) is 8.32. The van der Waals surface area contributed by atoms with E-state index in [0.29, 0.717) is 10.9 Å². The lowest BCUT2D eigenvalue weighted by molar-refractivity contribution is 0.184. The highest BCUT2D eigenvalue weighted by molar-refractivity contribution is 7.93. The second kappa shape index (κ2) is 6.84. The van der Waals surface area contributed by atoms with Gasteiger partial charge in [0.1, 0.15) is 4.90 Å². The first-order valence-electron chi connectivity index (χ1n) is 8.61. The highest BCUT2D eigenvalue weighted by atomic mass is 32.2. The number of sulfone groups is 1. The zero-order chi connectivity index (χ0) is 19.9. The van der Waals surface area contributed by atoms with E-state index in [2.05, 4.69) is 4.98 Å². The summed E-state index contributed by atoms with van der Waals surface area (Å²) in [4.78, 5) is 4.18. The number of sulfonamides is 1. The second-order valence-electron chi connectivity index (χ2n) is 6.68. The first-order valence-corrected chi connectivity index (χ1v) is 11.9. The molecule has 0 radical (unpaired) electrons. The summed E-state index contributed by atoms with van der Waals surface area (Å²) in [6.45, 7) is 0. The molecule has 1 aromatic heterocycles. The van der Waals surface area contributed by atoms with Gasteiger partial charge in [0, 0.05) is 11.6 Å². The monoisotopic (exact) mass is 418 g/mol. The van der Waals surface area contributed by atoms with Crippen molar-refractivity contribution in [3.63, 3.8) is 0 Å². The molecule has 0 aliphatic carbocycles. The lowest BCUT2D eigenvalue weighted by atomic mass is 10.2. The Morgan fingerprint density at radius 1 is 0.964 bits per heavy atom. The molecule has 9 heteroatoms. The summed E-state index contributed by atoms with van der Waals surface area (Å²) in [6.07, 6.45) is 0.186. The number of aromatic nitrogens is 1. The Balaban J connectivity index is 1.94. The highest BCUT2D eigenvalue weighted by Gasteiger charge is 2.45. The van der Waals surface area contributed by atoms with E-state index in [0.717, 1.165) is 4.31 Å². The number of para-hydroxylation sites is 2. The fourth-order valence-corrected chi connectivity index (χ4v) is 7.22. The number of pyridine rings is 1. The Kier molecular flexibility index (Phi) is 4.60. The number of hydrogen-bond acceptors (Lipinski definition) is 6. The van der Waals surface area contributed by atoms with E-state index >= 15 is 0 Å². The average Bonchev–Trinajstić information content (AvgIpc) is 2.94. The van der Waals surface area contributed by atoms with Crippen molar-refractivity contribution in [2.75, 3.05) is 15.8 Å². The smallest absolute Gasteiger partial charge is 0.266 e. The number of fused-ring (bicyclic) bond motifs is 1. The Labute approximate surface area is 163 Å². The maximum atomic E-state index is 13.7. The third kappa shape index (κ3) is 3.25. The zero-order valence-electron chi connectivity index (χ0n) is 14.7. The van der Waals surface area contributed by atoms with Gasteiger partial charge >= 0.3 is 0 Å². The van der Waals surface area contributed by atoms with Crippen LogP contribution in [0.3, 0.4) is 0 Å². The largest absolute Gasteiger partial charge is 0.390 e. The minimum Gasteiger partial charge on any atom is -0.390 e. The maximum absolute atomic E-state index is 13.7. The van der Waals surface area contributed by atoms with Crippen LogP contribution in [0.15, 0.2) is 71.8 Å². The van der Waals surface area contributed by atoms with Crippen molar-refractivity contribution in [1.82, 2.24) is 4.98 Å². The van der Waals surface area contributed by atoms with Crippen LogP contribution in [-0.2, 0) is 19.9 Å². The molecule has 0 amide bonds. The van der Waals surface area contributed by atoms with Crippen LogP contribution in [0.2, 0.25) is 0 Å². The first kappa shape index (κ1) is 18.9. The van der Waals surface area contributed by atoms with Crippen molar-refractivity contribution in [2.45, 2.75) is 17.0 Å². The van der Waals surface area contributed by atoms with Gasteiger partial charge in [0.05, 0.1) is 34.9 Å². The molecule has 1 saturated heterocycles. The summed E-state index contributed by atoms with van der Waals surface area (Å²) in [5, 5.41) is 11.0. The van der Waals surface area contributed by atoms with Crippen LogP contribution < -0.4 is 4.31 Å². The predicted molar refractivity (Wildman–Crippen MR) is 106 cm³/mol. The predicted octanol–water partition coefficient (Wildman–Crippen LogP) is 1.59. The van der Waals surface area contributed by atoms with Crippen LogP contribution in [0.4, 0.5) is 5.69 Å². The van der Waals surface area contributed by atoms with Crippen molar-refractivity contribution in [3.8, 4) is 0 Å². The molecule has 2 atom stereocenters. The normalized spacial score (nSPS) is 21.6. The SMILES string of the molecule is O=S1(=O)C[C@@H](O)[C@H](N(c2ccccc2)S(=O)(=O)c2cccc3cccnc23)C1. The van der Waals surface area contributed by atoms with E-state index in [4.69, 9.17) is 0 Å². The number of benzene rings is 2.